The third-order valence-corrected chi connectivity index (χ3v) is 3.66. The molecule has 0 aliphatic carbocycles. The fraction of sp³-hybridized carbons (Fsp3) is 0.385. The maximum atomic E-state index is 3.52. The van der Waals surface area contributed by atoms with Gasteiger partial charge in [0.25, 0.3) is 0 Å². The second kappa shape index (κ2) is 4.01. The number of halogens is 1. The Hall–Kier alpha value is -0.760. The standard InChI is InChI=1S/C13H16BrN/c1-8(2)9(3)12-7-15-13-5-4-10(14)6-11(12)13/h4-9,15H,1-3H3. The molecule has 0 radical (unpaired) electrons. The number of rotatable bonds is 2. The van der Waals surface area contributed by atoms with Crippen LogP contribution in [0.2, 0.25) is 0 Å². The Labute approximate surface area is 99.0 Å². The summed E-state index contributed by atoms with van der Waals surface area (Å²) in [5.74, 6) is 1.26. The first-order chi connectivity index (χ1) is 7.09. The lowest BCUT2D eigenvalue weighted by Crippen LogP contribution is -2.00. The van der Waals surface area contributed by atoms with Crippen molar-refractivity contribution in [2.45, 2.75) is 26.7 Å². The first-order valence-corrected chi connectivity index (χ1v) is 6.15. The lowest BCUT2D eigenvalue weighted by atomic mass is 9.90. The average Bonchev–Trinajstić information content (AvgIpc) is 2.59. The van der Waals surface area contributed by atoms with Gasteiger partial charge >= 0.3 is 0 Å². The van der Waals surface area contributed by atoms with Crippen molar-refractivity contribution in [1.82, 2.24) is 4.98 Å². The molecule has 1 atom stereocenters. The van der Waals surface area contributed by atoms with Gasteiger partial charge in [-0.15, -0.1) is 0 Å². The van der Waals surface area contributed by atoms with Crippen molar-refractivity contribution in [2.75, 3.05) is 0 Å². The number of aromatic amines is 1. The highest BCUT2D eigenvalue weighted by Crippen LogP contribution is 2.31. The van der Waals surface area contributed by atoms with E-state index in [0.29, 0.717) is 11.8 Å². The van der Waals surface area contributed by atoms with Crippen LogP contribution < -0.4 is 0 Å². The molecule has 2 aromatic rings. The summed E-state index contributed by atoms with van der Waals surface area (Å²) < 4.78 is 1.15. The third kappa shape index (κ3) is 1.96. The van der Waals surface area contributed by atoms with Crippen molar-refractivity contribution >= 4 is 26.8 Å². The molecule has 0 aliphatic rings. The maximum absolute atomic E-state index is 3.52. The first-order valence-electron chi connectivity index (χ1n) is 5.36. The smallest absolute Gasteiger partial charge is 0.0457 e. The zero-order chi connectivity index (χ0) is 11.0. The second-order valence-corrected chi connectivity index (χ2v) is 5.38. The minimum Gasteiger partial charge on any atom is -0.361 e. The Morgan fingerprint density at radius 1 is 1.20 bits per heavy atom. The number of fused-ring (bicyclic) bond motifs is 1. The van der Waals surface area contributed by atoms with E-state index < -0.39 is 0 Å². The zero-order valence-electron chi connectivity index (χ0n) is 9.34. The fourth-order valence-corrected chi connectivity index (χ4v) is 2.21. The Morgan fingerprint density at radius 3 is 2.60 bits per heavy atom. The molecule has 1 nitrogen and oxygen atoms in total. The van der Waals surface area contributed by atoms with Gasteiger partial charge in [-0.2, -0.15) is 0 Å². The number of hydrogen-bond donors (Lipinski definition) is 1. The van der Waals surface area contributed by atoms with Crippen LogP contribution in [0.3, 0.4) is 0 Å². The molecule has 0 amide bonds. The van der Waals surface area contributed by atoms with Crippen LogP contribution in [0, 0.1) is 5.92 Å². The van der Waals surface area contributed by atoms with Crippen LogP contribution in [0.25, 0.3) is 10.9 Å². The van der Waals surface area contributed by atoms with Crippen molar-refractivity contribution in [1.29, 1.82) is 0 Å². The average molecular weight is 266 g/mol. The molecule has 1 N–H and O–H groups in total. The summed E-state index contributed by atoms with van der Waals surface area (Å²) in [5.41, 5.74) is 2.64. The Bertz CT molecular complexity index is 470. The normalized spacial score (nSPS) is 13.7. The molecule has 0 spiro atoms. The van der Waals surface area contributed by atoms with Crippen LogP contribution in [0.5, 0.6) is 0 Å². The van der Waals surface area contributed by atoms with Gasteiger partial charge in [-0.05, 0) is 35.6 Å². The lowest BCUT2D eigenvalue weighted by Gasteiger charge is -2.14. The number of hydrogen-bond acceptors (Lipinski definition) is 0. The van der Waals surface area contributed by atoms with E-state index >= 15 is 0 Å². The molecule has 2 rings (SSSR count). The molecule has 0 saturated carbocycles. The number of nitrogens with one attached hydrogen (secondary N) is 1. The summed E-state index contributed by atoms with van der Waals surface area (Å²) in [6.07, 6.45) is 2.14. The molecule has 0 aliphatic heterocycles. The lowest BCUT2D eigenvalue weighted by molar-refractivity contribution is 0.538. The fourth-order valence-electron chi connectivity index (χ4n) is 1.85. The summed E-state index contributed by atoms with van der Waals surface area (Å²) >= 11 is 3.52. The highest BCUT2D eigenvalue weighted by atomic mass is 79.9. The number of aromatic nitrogens is 1. The monoisotopic (exact) mass is 265 g/mol. The Morgan fingerprint density at radius 2 is 1.93 bits per heavy atom. The van der Waals surface area contributed by atoms with Gasteiger partial charge in [0.1, 0.15) is 0 Å². The summed E-state index contributed by atoms with van der Waals surface area (Å²) in [5, 5.41) is 1.34. The van der Waals surface area contributed by atoms with Crippen molar-refractivity contribution in [3.05, 3.63) is 34.4 Å². The van der Waals surface area contributed by atoms with Gasteiger partial charge in [0.2, 0.25) is 0 Å². The van der Waals surface area contributed by atoms with Gasteiger partial charge in [0.05, 0.1) is 0 Å². The van der Waals surface area contributed by atoms with Gasteiger partial charge in [-0.3, -0.25) is 0 Å². The predicted molar refractivity (Wildman–Crippen MR) is 69.3 cm³/mol. The van der Waals surface area contributed by atoms with Gasteiger partial charge < -0.3 is 4.98 Å². The van der Waals surface area contributed by atoms with Crippen molar-refractivity contribution in [2.24, 2.45) is 5.92 Å². The van der Waals surface area contributed by atoms with E-state index in [2.05, 4.69) is 66.1 Å². The molecule has 1 aromatic heterocycles. The van der Waals surface area contributed by atoms with Crippen molar-refractivity contribution in [3.63, 3.8) is 0 Å². The number of H-pyrrole nitrogens is 1. The van der Waals surface area contributed by atoms with Gasteiger partial charge in [0.15, 0.2) is 0 Å². The molecular formula is C13H16BrN. The van der Waals surface area contributed by atoms with E-state index in [4.69, 9.17) is 0 Å². The van der Waals surface area contributed by atoms with E-state index in [1.165, 1.54) is 16.5 Å². The molecule has 2 heteroatoms. The van der Waals surface area contributed by atoms with Crippen LogP contribution in [0.1, 0.15) is 32.3 Å². The van der Waals surface area contributed by atoms with E-state index in [-0.39, 0.29) is 0 Å². The summed E-state index contributed by atoms with van der Waals surface area (Å²) in [7, 11) is 0. The van der Waals surface area contributed by atoms with E-state index in [1.54, 1.807) is 0 Å². The van der Waals surface area contributed by atoms with Crippen LogP contribution in [-0.4, -0.2) is 4.98 Å². The molecule has 0 saturated heterocycles. The highest BCUT2D eigenvalue weighted by molar-refractivity contribution is 9.10. The highest BCUT2D eigenvalue weighted by Gasteiger charge is 2.14. The minimum atomic E-state index is 0.591. The molecule has 1 unspecified atom stereocenters. The Kier molecular flexibility index (Phi) is 2.87. The second-order valence-electron chi connectivity index (χ2n) is 4.47. The molecule has 1 heterocycles. The van der Waals surface area contributed by atoms with Crippen LogP contribution in [0.15, 0.2) is 28.9 Å². The first kappa shape index (κ1) is 10.7. The zero-order valence-corrected chi connectivity index (χ0v) is 10.9. The van der Waals surface area contributed by atoms with Gasteiger partial charge in [-0.25, -0.2) is 0 Å². The number of benzene rings is 1. The van der Waals surface area contributed by atoms with Gasteiger partial charge in [0, 0.05) is 21.6 Å². The van der Waals surface area contributed by atoms with E-state index in [0.717, 1.165) is 4.47 Å². The van der Waals surface area contributed by atoms with E-state index in [1.807, 2.05) is 0 Å². The molecule has 15 heavy (non-hydrogen) atoms. The molecule has 0 fully saturated rings. The van der Waals surface area contributed by atoms with Crippen molar-refractivity contribution in [3.8, 4) is 0 Å². The molecule has 80 valence electrons. The van der Waals surface area contributed by atoms with E-state index in [9.17, 15) is 0 Å². The summed E-state index contributed by atoms with van der Waals surface area (Å²) in [6, 6.07) is 6.39. The molecule has 0 bridgehead atoms. The van der Waals surface area contributed by atoms with Crippen LogP contribution in [0.4, 0.5) is 0 Å². The molecule has 1 aromatic carbocycles. The predicted octanol–water partition coefficient (Wildman–Crippen LogP) is 4.69. The quantitative estimate of drug-likeness (QED) is 0.811. The molecular weight excluding hydrogens is 250 g/mol. The summed E-state index contributed by atoms with van der Waals surface area (Å²) in [6.45, 7) is 6.82. The van der Waals surface area contributed by atoms with Gasteiger partial charge in [-0.1, -0.05) is 36.7 Å². The Balaban J connectivity index is 2.56. The third-order valence-electron chi connectivity index (χ3n) is 3.17. The summed E-state index contributed by atoms with van der Waals surface area (Å²) in [4.78, 5) is 3.33. The topological polar surface area (TPSA) is 15.8 Å². The van der Waals surface area contributed by atoms with Crippen LogP contribution >= 0.6 is 15.9 Å². The minimum absolute atomic E-state index is 0.591. The maximum Gasteiger partial charge on any atom is 0.0457 e. The van der Waals surface area contributed by atoms with Crippen molar-refractivity contribution < 1.29 is 0 Å². The largest absolute Gasteiger partial charge is 0.361 e. The van der Waals surface area contributed by atoms with Crippen LogP contribution in [-0.2, 0) is 0 Å². The SMILES string of the molecule is CC(C)C(C)c1c[nH]c2ccc(Br)cc12.